The van der Waals surface area contributed by atoms with Crippen LogP contribution in [0.1, 0.15) is 37.7 Å². The summed E-state index contributed by atoms with van der Waals surface area (Å²) in [5, 5.41) is 11.9. The third-order valence-corrected chi connectivity index (χ3v) is 3.58. The van der Waals surface area contributed by atoms with Gasteiger partial charge in [0.2, 0.25) is 5.91 Å². The smallest absolute Gasteiger partial charge is 0.220 e. The van der Waals surface area contributed by atoms with Crippen LogP contribution in [0.15, 0.2) is 18.5 Å². The second-order valence-electron chi connectivity index (χ2n) is 4.96. The molecule has 1 aromatic heterocycles. The molecular weight excluding hydrogens is 226 g/mol. The Bertz CT molecular complexity index is 411. The van der Waals surface area contributed by atoms with Gasteiger partial charge in [-0.15, -0.1) is 0 Å². The molecular formula is C14H19N3O. The summed E-state index contributed by atoms with van der Waals surface area (Å²) in [7, 11) is 0. The lowest BCUT2D eigenvalue weighted by molar-refractivity contribution is -0.122. The number of carbonyl (C=O) groups excluding carboxylic acids is 1. The highest BCUT2D eigenvalue weighted by Gasteiger charge is 2.21. The van der Waals surface area contributed by atoms with Crippen molar-refractivity contribution in [2.45, 2.75) is 44.6 Å². The van der Waals surface area contributed by atoms with Crippen LogP contribution in [0.3, 0.4) is 0 Å². The highest BCUT2D eigenvalue weighted by molar-refractivity contribution is 5.76. The number of amides is 1. The molecule has 0 aromatic carbocycles. The minimum atomic E-state index is 0.122. The molecule has 0 spiro atoms. The fourth-order valence-corrected chi connectivity index (χ4v) is 2.44. The van der Waals surface area contributed by atoms with E-state index in [1.165, 1.54) is 5.56 Å². The van der Waals surface area contributed by atoms with E-state index in [-0.39, 0.29) is 17.9 Å². The van der Waals surface area contributed by atoms with Gasteiger partial charge in [0, 0.05) is 30.8 Å². The van der Waals surface area contributed by atoms with Gasteiger partial charge in [0.15, 0.2) is 0 Å². The predicted octanol–water partition coefficient (Wildman–Crippen LogP) is 2.15. The molecule has 0 saturated heterocycles. The van der Waals surface area contributed by atoms with E-state index < -0.39 is 0 Å². The van der Waals surface area contributed by atoms with Crippen LogP contribution < -0.4 is 5.32 Å². The number of aromatic amines is 1. The number of hydrogen-bond acceptors (Lipinski definition) is 2. The normalized spacial score (nSPS) is 23.3. The van der Waals surface area contributed by atoms with Gasteiger partial charge in [0.25, 0.3) is 0 Å². The quantitative estimate of drug-likeness (QED) is 0.853. The molecule has 1 aromatic rings. The Morgan fingerprint density at radius 1 is 1.44 bits per heavy atom. The number of aromatic nitrogens is 1. The summed E-state index contributed by atoms with van der Waals surface area (Å²) in [4.78, 5) is 14.8. The van der Waals surface area contributed by atoms with Gasteiger partial charge >= 0.3 is 0 Å². The Morgan fingerprint density at radius 3 is 2.83 bits per heavy atom. The van der Waals surface area contributed by atoms with Crippen molar-refractivity contribution < 1.29 is 4.79 Å². The first kappa shape index (κ1) is 12.7. The van der Waals surface area contributed by atoms with Gasteiger partial charge in [0.1, 0.15) is 0 Å². The highest BCUT2D eigenvalue weighted by atomic mass is 16.1. The Kier molecular flexibility index (Phi) is 4.40. The van der Waals surface area contributed by atoms with Crippen LogP contribution in [0.5, 0.6) is 0 Å². The number of hydrogen-bond donors (Lipinski definition) is 2. The molecule has 4 heteroatoms. The molecule has 0 aliphatic heterocycles. The molecule has 4 nitrogen and oxygen atoms in total. The minimum absolute atomic E-state index is 0.122. The topological polar surface area (TPSA) is 68.7 Å². The van der Waals surface area contributed by atoms with Gasteiger partial charge in [-0.05, 0) is 43.7 Å². The minimum Gasteiger partial charge on any atom is -0.367 e. The summed E-state index contributed by atoms with van der Waals surface area (Å²) in [5.41, 5.74) is 1.17. The maximum atomic E-state index is 11.8. The Hall–Kier alpha value is -1.76. The number of H-pyrrole nitrogens is 1. The van der Waals surface area contributed by atoms with Gasteiger partial charge in [-0.2, -0.15) is 5.26 Å². The lowest BCUT2D eigenvalue weighted by Crippen LogP contribution is -2.37. The molecule has 0 atom stereocenters. The Balaban J connectivity index is 1.67. The molecule has 18 heavy (non-hydrogen) atoms. The van der Waals surface area contributed by atoms with Crippen molar-refractivity contribution in [3.05, 3.63) is 24.0 Å². The first-order chi connectivity index (χ1) is 8.78. The SMILES string of the molecule is N#CC1CCC(NC(=O)CCc2cc[nH]c2)CC1. The van der Waals surface area contributed by atoms with E-state index in [2.05, 4.69) is 16.4 Å². The van der Waals surface area contributed by atoms with Gasteiger partial charge in [-0.1, -0.05) is 0 Å². The lowest BCUT2D eigenvalue weighted by Gasteiger charge is -2.25. The molecule has 2 rings (SSSR count). The highest BCUT2D eigenvalue weighted by Crippen LogP contribution is 2.23. The Morgan fingerprint density at radius 2 is 2.22 bits per heavy atom. The second kappa shape index (κ2) is 6.25. The number of nitrogens with one attached hydrogen (secondary N) is 2. The predicted molar refractivity (Wildman–Crippen MR) is 68.6 cm³/mol. The van der Waals surface area contributed by atoms with Crippen molar-refractivity contribution in [2.75, 3.05) is 0 Å². The first-order valence-corrected chi connectivity index (χ1v) is 6.58. The average Bonchev–Trinajstić information content (AvgIpc) is 2.90. The largest absolute Gasteiger partial charge is 0.367 e. The molecule has 2 N–H and O–H groups in total. The van der Waals surface area contributed by atoms with Crippen LogP contribution in [0, 0.1) is 17.2 Å². The van der Waals surface area contributed by atoms with E-state index in [0.717, 1.165) is 32.1 Å². The molecule has 1 amide bonds. The van der Waals surface area contributed by atoms with Crippen LogP contribution in [0.25, 0.3) is 0 Å². The molecule has 96 valence electrons. The van der Waals surface area contributed by atoms with E-state index in [4.69, 9.17) is 5.26 Å². The number of nitrogens with zero attached hydrogens (tertiary/aromatic N) is 1. The molecule has 1 heterocycles. The maximum absolute atomic E-state index is 11.8. The van der Waals surface area contributed by atoms with Gasteiger partial charge in [-0.25, -0.2) is 0 Å². The van der Waals surface area contributed by atoms with Crippen molar-refractivity contribution in [1.82, 2.24) is 10.3 Å². The van der Waals surface area contributed by atoms with E-state index in [1.807, 2.05) is 18.5 Å². The van der Waals surface area contributed by atoms with Gasteiger partial charge in [0.05, 0.1) is 6.07 Å². The van der Waals surface area contributed by atoms with Gasteiger partial charge in [-0.3, -0.25) is 4.79 Å². The second-order valence-corrected chi connectivity index (χ2v) is 4.96. The monoisotopic (exact) mass is 245 g/mol. The van der Waals surface area contributed by atoms with Gasteiger partial charge < -0.3 is 10.3 Å². The molecule has 0 unspecified atom stereocenters. The Labute approximate surface area is 107 Å². The summed E-state index contributed by atoms with van der Waals surface area (Å²) in [6, 6.07) is 4.57. The maximum Gasteiger partial charge on any atom is 0.220 e. The summed E-state index contributed by atoms with van der Waals surface area (Å²) in [6.45, 7) is 0. The van der Waals surface area contributed by atoms with E-state index in [1.54, 1.807) is 0 Å². The van der Waals surface area contributed by atoms with Crippen LogP contribution in [-0.2, 0) is 11.2 Å². The third-order valence-electron chi connectivity index (χ3n) is 3.58. The fraction of sp³-hybridized carbons (Fsp3) is 0.571. The zero-order valence-corrected chi connectivity index (χ0v) is 10.5. The number of carbonyl (C=O) groups is 1. The van der Waals surface area contributed by atoms with E-state index >= 15 is 0 Å². The molecule has 1 aliphatic carbocycles. The standard InChI is InChI=1S/C14H19N3O/c15-9-11-1-4-13(5-2-11)17-14(18)6-3-12-7-8-16-10-12/h7-8,10-11,13,16H,1-6H2,(H,17,18). The zero-order valence-electron chi connectivity index (χ0n) is 10.5. The van der Waals surface area contributed by atoms with Crippen LogP contribution >= 0.6 is 0 Å². The average molecular weight is 245 g/mol. The number of rotatable bonds is 4. The molecule has 1 aliphatic rings. The molecule has 1 saturated carbocycles. The third kappa shape index (κ3) is 3.63. The van der Waals surface area contributed by atoms with Crippen molar-refractivity contribution in [3.8, 4) is 6.07 Å². The lowest BCUT2D eigenvalue weighted by atomic mass is 9.87. The summed E-state index contributed by atoms with van der Waals surface area (Å²) >= 11 is 0. The van der Waals surface area contributed by atoms with Crippen molar-refractivity contribution in [1.29, 1.82) is 5.26 Å². The summed E-state index contributed by atoms with van der Waals surface area (Å²) in [5.74, 6) is 0.314. The first-order valence-electron chi connectivity index (χ1n) is 6.58. The van der Waals surface area contributed by atoms with Crippen molar-refractivity contribution >= 4 is 5.91 Å². The van der Waals surface area contributed by atoms with Crippen molar-refractivity contribution in [3.63, 3.8) is 0 Å². The van der Waals surface area contributed by atoms with Crippen LogP contribution in [0.2, 0.25) is 0 Å². The van der Waals surface area contributed by atoms with Crippen LogP contribution in [0.4, 0.5) is 0 Å². The molecule has 0 radical (unpaired) electrons. The summed E-state index contributed by atoms with van der Waals surface area (Å²) in [6.07, 6.45) is 8.82. The molecule has 1 fully saturated rings. The molecule has 0 bridgehead atoms. The van der Waals surface area contributed by atoms with Crippen LogP contribution in [-0.4, -0.2) is 16.9 Å². The summed E-state index contributed by atoms with van der Waals surface area (Å²) < 4.78 is 0. The number of aryl methyl sites for hydroxylation is 1. The van der Waals surface area contributed by atoms with E-state index in [9.17, 15) is 4.79 Å². The van der Waals surface area contributed by atoms with E-state index in [0.29, 0.717) is 6.42 Å². The van der Waals surface area contributed by atoms with Crippen molar-refractivity contribution in [2.24, 2.45) is 5.92 Å². The zero-order chi connectivity index (χ0) is 12.8. The number of nitriles is 1. The fourth-order valence-electron chi connectivity index (χ4n) is 2.44.